The van der Waals surface area contributed by atoms with E-state index in [1.54, 1.807) is 11.3 Å². The standard InChI is InChI=1S/C12H19N5S/c1-2-7-14-12-16-15-11(18-12)9-17(8-3-6-13)10-4-5-10/h10H,2-5,7-9H2,1H3,(H,14,16). The Morgan fingerprint density at radius 2 is 2.33 bits per heavy atom. The van der Waals surface area contributed by atoms with Crippen LogP contribution in [0, 0.1) is 11.3 Å². The molecule has 2 rings (SSSR count). The van der Waals surface area contributed by atoms with Crippen molar-refractivity contribution in [3.8, 4) is 6.07 Å². The Morgan fingerprint density at radius 3 is 3.00 bits per heavy atom. The summed E-state index contributed by atoms with van der Waals surface area (Å²) in [5, 5.41) is 22.2. The van der Waals surface area contributed by atoms with Gasteiger partial charge in [-0.25, -0.2) is 0 Å². The Hall–Kier alpha value is -1.19. The van der Waals surface area contributed by atoms with Gasteiger partial charge in [0, 0.05) is 25.6 Å². The number of nitrogens with one attached hydrogen (secondary N) is 1. The fourth-order valence-electron chi connectivity index (χ4n) is 1.82. The van der Waals surface area contributed by atoms with Gasteiger partial charge in [0.05, 0.1) is 12.6 Å². The molecule has 0 bridgehead atoms. The van der Waals surface area contributed by atoms with Crippen molar-refractivity contribution in [2.45, 2.75) is 45.2 Å². The fraction of sp³-hybridized carbons (Fsp3) is 0.750. The van der Waals surface area contributed by atoms with Gasteiger partial charge in [-0.3, -0.25) is 4.90 Å². The van der Waals surface area contributed by atoms with Gasteiger partial charge >= 0.3 is 0 Å². The molecule has 1 heterocycles. The van der Waals surface area contributed by atoms with Crippen LogP contribution in [0.2, 0.25) is 0 Å². The first kappa shape index (κ1) is 13.2. The van der Waals surface area contributed by atoms with E-state index in [-0.39, 0.29) is 0 Å². The van der Waals surface area contributed by atoms with Gasteiger partial charge in [0.15, 0.2) is 0 Å². The van der Waals surface area contributed by atoms with E-state index in [1.807, 2.05) is 0 Å². The summed E-state index contributed by atoms with van der Waals surface area (Å²) >= 11 is 1.62. The van der Waals surface area contributed by atoms with E-state index in [9.17, 15) is 0 Å². The first-order valence-electron chi connectivity index (χ1n) is 6.50. The number of nitriles is 1. The summed E-state index contributed by atoms with van der Waals surface area (Å²) in [6, 6.07) is 2.87. The lowest BCUT2D eigenvalue weighted by Gasteiger charge is -2.18. The van der Waals surface area contributed by atoms with Gasteiger partial charge in [-0.05, 0) is 19.3 Å². The van der Waals surface area contributed by atoms with Gasteiger partial charge < -0.3 is 5.32 Å². The predicted octanol–water partition coefficient (Wildman–Crippen LogP) is 2.24. The third-order valence-corrected chi connectivity index (χ3v) is 3.77. The first-order valence-corrected chi connectivity index (χ1v) is 7.32. The van der Waals surface area contributed by atoms with E-state index in [4.69, 9.17) is 5.26 Å². The van der Waals surface area contributed by atoms with Crippen molar-refractivity contribution in [3.63, 3.8) is 0 Å². The molecule has 1 aliphatic carbocycles. The van der Waals surface area contributed by atoms with Crippen LogP contribution in [0.25, 0.3) is 0 Å². The normalized spacial score (nSPS) is 14.7. The predicted molar refractivity (Wildman–Crippen MR) is 72.4 cm³/mol. The molecule has 0 unspecified atom stereocenters. The van der Waals surface area contributed by atoms with E-state index in [2.05, 4.69) is 33.4 Å². The lowest BCUT2D eigenvalue weighted by Crippen LogP contribution is -2.26. The molecule has 6 heteroatoms. The molecule has 1 saturated carbocycles. The highest BCUT2D eigenvalue weighted by molar-refractivity contribution is 7.15. The van der Waals surface area contributed by atoms with E-state index >= 15 is 0 Å². The summed E-state index contributed by atoms with van der Waals surface area (Å²) in [5.74, 6) is 0. The zero-order valence-corrected chi connectivity index (χ0v) is 11.5. The molecule has 18 heavy (non-hydrogen) atoms. The maximum absolute atomic E-state index is 8.67. The molecule has 1 fully saturated rings. The van der Waals surface area contributed by atoms with Crippen LogP contribution < -0.4 is 5.32 Å². The fourth-order valence-corrected chi connectivity index (χ4v) is 2.61. The Balaban J connectivity index is 1.86. The average Bonchev–Trinajstić information content (AvgIpc) is 3.13. The Morgan fingerprint density at radius 1 is 1.50 bits per heavy atom. The first-order chi connectivity index (χ1) is 8.83. The van der Waals surface area contributed by atoms with Gasteiger partial charge in [0.25, 0.3) is 0 Å². The van der Waals surface area contributed by atoms with Crippen molar-refractivity contribution in [2.75, 3.05) is 18.4 Å². The smallest absolute Gasteiger partial charge is 0.205 e. The Kier molecular flexibility index (Phi) is 4.90. The molecule has 5 nitrogen and oxygen atoms in total. The Bertz CT molecular complexity index is 407. The quantitative estimate of drug-likeness (QED) is 0.781. The zero-order chi connectivity index (χ0) is 12.8. The summed E-state index contributed by atoms with van der Waals surface area (Å²) in [6.45, 7) is 4.75. The average molecular weight is 265 g/mol. The van der Waals surface area contributed by atoms with Gasteiger partial charge in [-0.1, -0.05) is 18.3 Å². The second-order valence-corrected chi connectivity index (χ2v) is 5.60. The molecule has 0 spiro atoms. The van der Waals surface area contributed by atoms with Crippen molar-refractivity contribution in [1.29, 1.82) is 5.26 Å². The van der Waals surface area contributed by atoms with E-state index < -0.39 is 0 Å². The monoisotopic (exact) mass is 265 g/mol. The Labute approximate surface area is 112 Å². The van der Waals surface area contributed by atoms with Crippen LogP contribution in [0.5, 0.6) is 0 Å². The summed E-state index contributed by atoms with van der Waals surface area (Å²) in [6.07, 6.45) is 4.19. The number of rotatable bonds is 8. The topological polar surface area (TPSA) is 64.8 Å². The van der Waals surface area contributed by atoms with Crippen LogP contribution in [-0.4, -0.2) is 34.2 Å². The molecule has 0 saturated heterocycles. The maximum atomic E-state index is 8.67. The van der Waals surface area contributed by atoms with Crippen LogP contribution in [0.3, 0.4) is 0 Å². The van der Waals surface area contributed by atoms with Crippen molar-refractivity contribution in [2.24, 2.45) is 0 Å². The van der Waals surface area contributed by atoms with Crippen molar-refractivity contribution >= 4 is 16.5 Å². The van der Waals surface area contributed by atoms with Crippen molar-refractivity contribution in [3.05, 3.63) is 5.01 Å². The molecule has 0 aromatic carbocycles. The lowest BCUT2D eigenvalue weighted by molar-refractivity contribution is 0.260. The molecule has 1 aromatic rings. The van der Waals surface area contributed by atoms with Gasteiger partial charge in [-0.2, -0.15) is 5.26 Å². The van der Waals surface area contributed by atoms with E-state index in [1.165, 1.54) is 12.8 Å². The second kappa shape index (κ2) is 6.66. The molecule has 1 aromatic heterocycles. The van der Waals surface area contributed by atoms with Gasteiger partial charge in [0.1, 0.15) is 5.01 Å². The number of anilines is 1. The minimum absolute atomic E-state index is 0.593. The summed E-state index contributed by atoms with van der Waals surface area (Å²) in [5.41, 5.74) is 0. The summed E-state index contributed by atoms with van der Waals surface area (Å²) < 4.78 is 0. The maximum Gasteiger partial charge on any atom is 0.205 e. The van der Waals surface area contributed by atoms with Crippen molar-refractivity contribution < 1.29 is 0 Å². The SMILES string of the molecule is CCCNc1nnc(CN(CCC#N)C2CC2)s1. The van der Waals surface area contributed by atoms with Crippen LogP contribution in [0.15, 0.2) is 0 Å². The molecular weight excluding hydrogens is 246 g/mol. The number of hydrogen-bond donors (Lipinski definition) is 1. The third kappa shape index (κ3) is 3.93. The highest BCUT2D eigenvalue weighted by Gasteiger charge is 2.29. The lowest BCUT2D eigenvalue weighted by atomic mass is 10.4. The molecule has 0 radical (unpaired) electrons. The largest absolute Gasteiger partial charge is 0.360 e. The highest BCUT2D eigenvalue weighted by atomic mass is 32.1. The van der Waals surface area contributed by atoms with E-state index in [0.29, 0.717) is 12.5 Å². The van der Waals surface area contributed by atoms with Crippen LogP contribution in [0.4, 0.5) is 5.13 Å². The molecule has 1 N–H and O–H groups in total. The zero-order valence-electron chi connectivity index (χ0n) is 10.7. The highest BCUT2D eigenvalue weighted by Crippen LogP contribution is 2.29. The number of aromatic nitrogens is 2. The number of hydrogen-bond acceptors (Lipinski definition) is 6. The molecule has 0 atom stereocenters. The van der Waals surface area contributed by atoms with Crippen LogP contribution >= 0.6 is 11.3 Å². The minimum atomic E-state index is 0.593. The molecule has 0 amide bonds. The summed E-state index contributed by atoms with van der Waals surface area (Å²) in [7, 11) is 0. The minimum Gasteiger partial charge on any atom is -0.360 e. The molecule has 1 aliphatic rings. The second-order valence-electron chi connectivity index (χ2n) is 4.54. The number of nitrogens with zero attached hydrogens (tertiary/aromatic N) is 4. The molecular formula is C12H19N5S. The van der Waals surface area contributed by atoms with Crippen molar-refractivity contribution in [1.82, 2.24) is 15.1 Å². The van der Waals surface area contributed by atoms with Crippen LogP contribution in [0.1, 0.15) is 37.6 Å². The third-order valence-electron chi connectivity index (χ3n) is 2.91. The van der Waals surface area contributed by atoms with E-state index in [0.717, 1.165) is 36.2 Å². The molecule has 98 valence electrons. The van der Waals surface area contributed by atoms with Gasteiger partial charge in [-0.15, -0.1) is 10.2 Å². The van der Waals surface area contributed by atoms with Gasteiger partial charge in [0.2, 0.25) is 5.13 Å². The summed E-state index contributed by atoms with van der Waals surface area (Å²) in [4.78, 5) is 2.35. The molecule has 0 aliphatic heterocycles. The van der Waals surface area contributed by atoms with Crippen LogP contribution in [-0.2, 0) is 6.54 Å².